The van der Waals surface area contributed by atoms with Gasteiger partial charge in [-0.1, -0.05) is 299 Å². The van der Waals surface area contributed by atoms with Crippen molar-refractivity contribution in [1.29, 1.82) is 0 Å². The van der Waals surface area contributed by atoms with Gasteiger partial charge in [0.25, 0.3) is 0 Å². The van der Waals surface area contributed by atoms with E-state index in [4.69, 9.17) is 14.2 Å². The smallest absolute Gasteiger partial charge is 0.306 e. The van der Waals surface area contributed by atoms with Crippen LogP contribution in [0.2, 0.25) is 0 Å². The molecule has 0 radical (unpaired) electrons. The zero-order valence-electron chi connectivity index (χ0n) is 50.5. The van der Waals surface area contributed by atoms with Crippen LogP contribution in [0.1, 0.15) is 335 Å². The summed E-state index contributed by atoms with van der Waals surface area (Å²) in [6, 6.07) is 0. The number of rotatable bonds is 60. The number of unbranched alkanes of at least 4 members (excludes halogenated alkanes) is 37. The molecule has 0 heterocycles. The molecule has 1 atom stereocenters. The van der Waals surface area contributed by atoms with Crippen molar-refractivity contribution in [2.24, 2.45) is 0 Å². The van der Waals surface area contributed by atoms with E-state index >= 15 is 0 Å². The maximum Gasteiger partial charge on any atom is 0.306 e. The van der Waals surface area contributed by atoms with E-state index in [0.29, 0.717) is 19.3 Å². The normalized spacial score (nSPS) is 12.5. The van der Waals surface area contributed by atoms with Crippen molar-refractivity contribution in [2.45, 2.75) is 341 Å². The van der Waals surface area contributed by atoms with Crippen molar-refractivity contribution in [3.05, 3.63) is 72.9 Å². The van der Waals surface area contributed by atoms with Crippen molar-refractivity contribution in [3.8, 4) is 0 Å². The Morgan fingerprint density at radius 1 is 0.276 bits per heavy atom. The lowest BCUT2D eigenvalue weighted by Gasteiger charge is -2.18. The van der Waals surface area contributed by atoms with Gasteiger partial charge in [-0.15, -0.1) is 0 Å². The van der Waals surface area contributed by atoms with Crippen LogP contribution in [0.15, 0.2) is 72.9 Å². The molecule has 0 fully saturated rings. The highest BCUT2D eigenvalue weighted by Gasteiger charge is 2.19. The van der Waals surface area contributed by atoms with Gasteiger partial charge in [-0.25, -0.2) is 0 Å². The van der Waals surface area contributed by atoms with E-state index in [1.807, 2.05) is 0 Å². The lowest BCUT2D eigenvalue weighted by molar-refractivity contribution is -0.167. The van der Waals surface area contributed by atoms with Gasteiger partial charge in [0.05, 0.1) is 0 Å². The zero-order valence-corrected chi connectivity index (χ0v) is 50.5. The predicted octanol–water partition coefficient (Wildman–Crippen LogP) is 22.5. The molecule has 6 heteroatoms. The number of allylic oxidation sites excluding steroid dienone is 12. The minimum Gasteiger partial charge on any atom is -0.462 e. The number of hydrogen-bond donors (Lipinski definition) is 0. The summed E-state index contributed by atoms with van der Waals surface area (Å²) in [5.74, 6) is -0.890. The van der Waals surface area contributed by atoms with Crippen LogP contribution < -0.4 is 0 Å². The van der Waals surface area contributed by atoms with Gasteiger partial charge in [0.2, 0.25) is 0 Å². The molecule has 0 aliphatic rings. The van der Waals surface area contributed by atoms with E-state index in [0.717, 1.165) is 103 Å². The van der Waals surface area contributed by atoms with Crippen LogP contribution in [-0.4, -0.2) is 37.2 Å². The van der Waals surface area contributed by atoms with Crippen molar-refractivity contribution in [3.63, 3.8) is 0 Å². The molecule has 0 rings (SSSR count). The average Bonchev–Trinajstić information content (AvgIpc) is 3.42. The summed E-state index contributed by atoms with van der Waals surface area (Å²) in [4.78, 5) is 38.3. The lowest BCUT2D eigenvalue weighted by atomic mass is 10.0. The van der Waals surface area contributed by atoms with Gasteiger partial charge >= 0.3 is 17.9 Å². The molecule has 0 amide bonds. The van der Waals surface area contributed by atoms with Crippen molar-refractivity contribution >= 4 is 17.9 Å². The molecule has 440 valence electrons. The van der Waals surface area contributed by atoms with Crippen molar-refractivity contribution < 1.29 is 28.6 Å². The van der Waals surface area contributed by atoms with E-state index in [2.05, 4.69) is 93.7 Å². The zero-order chi connectivity index (χ0) is 55.0. The summed E-state index contributed by atoms with van der Waals surface area (Å²) in [5, 5.41) is 0. The van der Waals surface area contributed by atoms with Crippen LogP contribution in [0.25, 0.3) is 0 Å². The Hall–Kier alpha value is -3.15. The summed E-state index contributed by atoms with van der Waals surface area (Å²) in [6.45, 7) is 6.53. The Kier molecular flexibility index (Phi) is 61.7. The molecule has 0 aromatic rings. The number of esters is 3. The highest BCUT2D eigenvalue weighted by atomic mass is 16.6. The Morgan fingerprint density at radius 3 is 0.803 bits per heavy atom. The first-order valence-electron chi connectivity index (χ1n) is 32.9. The van der Waals surface area contributed by atoms with Gasteiger partial charge in [0.1, 0.15) is 13.2 Å². The fraction of sp³-hybridized carbons (Fsp3) is 0.786. The number of carbonyl (C=O) groups excluding carboxylic acids is 3. The van der Waals surface area contributed by atoms with Crippen LogP contribution in [0.4, 0.5) is 0 Å². The van der Waals surface area contributed by atoms with Gasteiger partial charge in [-0.05, 0) is 89.9 Å². The van der Waals surface area contributed by atoms with Gasteiger partial charge in [-0.3, -0.25) is 14.4 Å². The number of carbonyl (C=O) groups is 3. The monoisotopic (exact) mass is 1060 g/mol. The maximum atomic E-state index is 12.9. The van der Waals surface area contributed by atoms with Crippen LogP contribution in [-0.2, 0) is 28.6 Å². The lowest BCUT2D eigenvalue weighted by Crippen LogP contribution is -2.30. The van der Waals surface area contributed by atoms with Crippen LogP contribution in [0, 0.1) is 0 Å². The Morgan fingerprint density at radius 2 is 0.513 bits per heavy atom. The van der Waals surface area contributed by atoms with E-state index in [-0.39, 0.29) is 31.1 Å². The second-order valence-corrected chi connectivity index (χ2v) is 22.0. The third-order valence-corrected chi connectivity index (χ3v) is 14.4. The number of ether oxygens (including phenoxy) is 3. The third kappa shape index (κ3) is 61.7. The van der Waals surface area contributed by atoms with Crippen LogP contribution in [0.3, 0.4) is 0 Å². The van der Waals surface area contributed by atoms with E-state index in [1.165, 1.54) is 193 Å². The highest BCUT2D eigenvalue weighted by Crippen LogP contribution is 2.17. The van der Waals surface area contributed by atoms with Crippen molar-refractivity contribution in [2.75, 3.05) is 13.2 Å². The minimum atomic E-state index is -0.786. The second-order valence-electron chi connectivity index (χ2n) is 22.0. The van der Waals surface area contributed by atoms with Crippen LogP contribution in [0.5, 0.6) is 0 Å². The van der Waals surface area contributed by atoms with Gasteiger partial charge in [-0.2, -0.15) is 0 Å². The molecule has 0 aliphatic heterocycles. The topological polar surface area (TPSA) is 78.9 Å². The van der Waals surface area contributed by atoms with E-state index in [9.17, 15) is 14.4 Å². The van der Waals surface area contributed by atoms with Gasteiger partial charge < -0.3 is 14.2 Å². The Bertz CT molecular complexity index is 1400. The SMILES string of the molecule is CC/C=C\C/C=C\C/C=C\C/C=C\CCCCCCC(=O)OC(COC(=O)CCCCCCCCCCCCCC)COC(=O)CCCCCCCCCCCCCCCCCCC/C=C\C/C=C\CCCCCCC. The fourth-order valence-corrected chi connectivity index (χ4v) is 9.53. The molecule has 0 spiro atoms. The first kappa shape index (κ1) is 72.8. The van der Waals surface area contributed by atoms with Crippen molar-refractivity contribution in [1.82, 2.24) is 0 Å². The van der Waals surface area contributed by atoms with Gasteiger partial charge in [0, 0.05) is 19.3 Å². The largest absolute Gasteiger partial charge is 0.462 e. The molecule has 6 nitrogen and oxygen atoms in total. The molecular weight excluding hydrogens is 937 g/mol. The summed E-state index contributed by atoms with van der Waals surface area (Å²) in [5.41, 5.74) is 0. The first-order chi connectivity index (χ1) is 37.5. The summed E-state index contributed by atoms with van der Waals surface area (Å²) >= 11 is 0. The molecule has 76 heavy (non-hydrogen) atoms. The third-order valence-electron chi connectivity index (χ3n) is 14.4. The Balaban J connectivity index is 4.21. The molecule has 0 bridgehead atoms. The van der Waals surface area contributed by atoms with E-state index in [1.54, 1.807) is 0 Å². The molecular formula is C70H124O6. The molecule has 0 N–H and O–H groups in total. The number of hydrogen-bond acceptors (Lipinski definition) is 6. The second kappa shape index (κ2) is 64.4. The predicted molar refractivity (Wildman–Crippen MR) is 330 cm³/mol. The molecule has 0 aromatic carbocycles. The molecule has 0 aliphatic carbocycles. The fourth-order valence-electron chi connectivity index (χ4n) is 9.53. The minimum absolute atomic E-state index is 0.0816. The Labute approximate surface area is 472 Å². The summed E-state index contributed by atoms with van der Waals surface area (Å²) < 4.78 is 16.9. The molecule has 0 saturated heterocycles. The highest BCUT2D eigenvalue weighted by molar-refractivity contribution is 5.71. The molecule has 0 aromatic heterocycles. The molecule has 1 unspecified atom stereocenters. The quantitative estimate of drug-likeness (QED) is 0.0261. The standard InChI is InChI=1S/C70H124O6/c1-4-7-10-13-16-19-22-25-27-29-30-31-32-33-34-35-36-37-38-39-40-42-43-45-48-51-54-57-60-63-69(72)75-66-67(65-74-68(71)62-59-56-53-50-47-24-21-18-15-12-9-6-3)76-70(73)64-61-58-55-52-49-46-44-41-28-26-23-20-17-14-11-8-5-2/h8,11,17,20,22,25-26,28-30,44,46,67H,4-7,9-10,12-16,18-19,21,23-24,27,31-43,45,47-66H2,1-3H3/b11-8-,20-17-,25-22-,28-26-,30-29-,46-44-. The maximum absolute atomic E-state index is 12.9. The average molecular weight is 1060 g/mol. The summed E-state index contributed by atoms with van der Waals surface area (Å²) in [6.07, 6.45) is 83.5. The van der Waals surface area contributed by atoms with Crippen LogP contribution >= 0.6 is 0 Å². The van der Waals surface area contributed by atoms with E-state index < -0.39 is 6.10 Å². The first-order valence-corrected chi connectivity index (χ1v) is 32.9. The summed E-state index contributed by atoms with van der Waals surface area (Å²) in [7, 11) is 0. The molecule has 0 saturated carbocycles. The van der Waals surface area contributed by atoms with Gasteiger partial charge in [0.15, 0.2) is 6.10 Å².